The predicted molar refractivity (Wildman–Crippen MR) is 72.9 cm³/mol. The van der Waals surface area contributed by atoms with Crippen LogP contribution in [-0.2, 0) is 6.42 Å². The normalized spacial score (nSPS) is 18.4. The smallest absolute Gasteiger partial charge is 0.180 e. The second-order valence-corrected chi connectivity index (χ2v) is 5.88. The number of nitrogens with zero attached hydrogens (tertiary/aromatic N) is 1. The molecular formula is C13H13ClN2S. The van der Waals surface area contributed by atoms with Crippen LogP contribution in [0.1, 0.15) is 34.0 Å². The Morgan fingerprint density at radius 3 is 3.12 bits per heavy atom. The quantitative estimate of drug-likeness (QED) is 0.852. The Morgan fingerprint density at radius 2 is 2.29 bits per heavy atom. The molecule has 1 aliphatic carbocycles. The molecule has 2 aromatic rings. The zero-order chi connectivity index (χ0) is 12.0. The molecule has 1 aromatic heterocycles. The van der Waals surface area contributed by atoms with Crippen molar-refractivity contribution in [3.8, 4) is 0 Å². The van der Waals surface area contributed by atoms with Crippen molar-refractivity contribution in [3.63, 3.8) is 0 Å². The average molecular weight is 265 g/mol. The fourth-order valence-corrected chi connectivity index (χ4v) is 3.76. The van der Waals surface area contributed by atoms with E-state index in [4.69, 9.17) is 17.3 Å². The third kappa shape index (κ3) is 1.74. The molecule has 88 valence electrons. The van der Waals surface area contributed by atoms with Crippen molar-refractivity contribution >= 4 is 28.1 Å². The lowest BCUT2D eigenvalue weighted by molar-refractivity contribution is 0.785. The van der Waals surface area contributed by atoms with Crippen molar-refractivity contribution in [1.82, 2.24) is 4.98 Å². The Morgan fingerprint density at radius 1 is 1.47 bits per heavy atom. The maximum Gasteiger partial charge on any atom is 0.180 e. The van der Waals surface area contributed by atoms with Crippen LogP contribution in [0.2, 0.25) is 5.02 Å². The summed E-state index contributed by atoms with van der Waals surface area (Å²) in [6, 6.07) is 6.13. The van der Waals surface area contributed by atoms with Crippen LogP contribution in [0.4, 0.5) is 5.13 Å². The molecule has 2 nitrogen and oxygen atoms in total. The van der Waals surface area contributed by atoms with Gasteiger partial charge in [-0.15, -0.1) is 11.3 Å². The standard InChI is InChI=1S/C13H13ClN2S/c1-7-8(3-2-4-10(7)14)9-5-6-11-12(9)17-13(15)16-11/h2-4,9H,5-6H2,1H3,(H2,15,16). The fraction of sp³-hybridized carbons (Fsp3) is 0.308. The molecule has 0 fully saturated rings. The summed E-state index contributed by atoms with van der Waals surface area (Å²) in [6.07, 6.45) is 2.15. The lowest BCUT2D eigenvalue weighted by Crippen LogP contribution is -1.97. The maximum atomic E-state index is 6.19. The number of hydrogen-bond acceptors (Lipinski definition) is 3. The van der Waals surface area contributed by atoms with Gasteiger partial charge in [0.25, 0.3) is 0 Å². The van der Waals surface area contributed by atoms with Crippen molar-refractivity contribution in [2.75, 3.05) is 5.73 Å². The number of hydrogen-bond donors (Lipinski definition) is 1. The van der Waals surface area contributed by atoms with E-state index in [1.54, 1.807) is 11.3 Å². The number of fused-ring (bicyclic) bond motifs is 1. The minimum atomic E-state index is 0.429. The zero-order valence-corrected chi connectivity index (χ0v) is 11.1. The summed E-state index contributed by atoms with van der Waals surface area (Å²) in [7, 11) is 0. The van der Waals surface area contributed by atoms with Crippen LogP contribution in [-0.4, -0.2) is 4.98 Å². The van der Waals surface area contributed by atoms with Crippen LogP contribution in [0.3, 0.4) is 0 Å². The first-order valence-corrected chi connectivity index (χ1v) is 6.86. The van der Waals surface area contributed by atoms with Gasteiger partial charge in [-0.1, -0.05) is 23.7 Å². The van der Waals surface area contributed by atoms with Gasteiger partial charge in [-0.3, -0.25) is 0 Å². The fourth-order valence-electron chi connectivity index (χ4n) is 2.54. The summed E-state index contributed by atoms with van der Waals surface area (Å²) in [5.74, 6) is 0.429. The molecule has 1 heterocycles. The van der Waals surface area contributed by atoms with Crippen LogP contribution in [0, 0.1) is 6.92 Å². The van der Waals surface area contributed by atoms with Crippen LogP contribution in [0.5, 0.6) is 0 Å². The van der Waals surface area contributed by atoms with Crippen LogP contribution in [0.15, 0.2) is 18.2 Å². The topological polar surface area (TPSA) is 38.9 Å². The average Bonchev–Trinajstić information content (AvgIpc) is 2.81. The Kier molecular flexibility index (Phi) is 2.60. The summed E-state index contributed by atoms with van der Waals surface area (Å²) < 4.78 is 0. The van der Waals surface area contributed by atoms with Crippen molar-refractivity contribution in [3.05, 3.63) is 44.9 Å². The molecule has 0 saturated carbocycles. The molecule has 0 aliphatic heterocycles. The summed E-state index contributed by atoms with van der Waals surface area (Å²) in [4.78, 5) is 5.71. The first-order valence-electron chi connectivity index (χ1n) is 5.67. The number of nitrogen functional groups attached to an aromatic ring is 1. The Bertz CT molecular complexity index is 577. The molecule has 0 spiro atoms. The second kappa shape index (κ2) is 4.00. The highest BCUT2D eigenvalue weighted by atomic mass is 35.5. The second-order valence-electron chi connectivity index (χ2n) is 4.41. The number of halogens is 1. The number of anilines is 1. The third-order valence-corrected chi connectivity index (χ3v) is 4.87. The van der Waals surface area contributed by atoms with E-state index >= 15 is 0 Å². The van der Waals surface area contributed by atoms with Crippen LogP contribution >= 0.6 is 22.9 Å². The van der Waals surface area contributed by atoms with Crippen LogP contribution < -0.4 is 5.73 Å². The Hall–Kier alpha value is -1.06. The lowest BCUT2D eigenvalue weighted by atomic mass is 9.94. The molecule has 0 saturated heterocycles. The van der Waals surface area contributed by atoms with Gasteiger partial charge in [0.15, 0.2) is 5.13 Å². The molecule has 0 bridgehead atoms. The molecule has 0 amide bonds. The third-order valence-electron chi connectivity index (χ3n) is 3.42. The molecule has 2 N–H and O–H groups in total. The number of aromatic nitrogens is 1. The van der Waals surface area contributed by atoms with E-state index in [0.717, 1.165) is 17.9 Å². The molecule has 4 heteroatoms. The maximum absolute atomic E-state index is 6.19. The van der Waals surface area contributed by atoms with E-state index in [0.29, 0.717) is 11.0 Å². The minimum Gasteiger partial charge on any atom is -0.375 e. The van der Waals surface area contributed by atoms with E-state index in [1.165, 1.54) is 21.7 Å². The first kappa shape index (κ1) is 11.1. The number of aryl methyl sites for hydroxylation is 1. The van der Waals surface area contributed by atoms with Gasteiger partial charge < -0.3 is 5.73 Å². The van der Waals surface area contributed by atoms with E-state index in [9.17, 15) is 0 Å². The highest BCUT2D eigenvalue weighted by molar-refractivity contribution is 7.15. The number of benzene rings is 1. The number of nitrogens with two attached hydrogens (primary N) is 1. The van der Waals surface area contributed by atoms with Gasteiger partial charge in [-0.25, -0.2) is 4.98 Å². The van der Waals surface area contributed by atoms with Gasteiger partial charge in [-0.05, 0) is 37.0 Å². The molecule has 1 unspecified atom stereocenters. The van der Waals surface area contributed by atoms with Crippen molar-refractivity contribution in [2.24, 2.45) is 0 Å². The highest BCUT2D eigenvalue weighted by Gasteiger charge is 2.29. The van der Waals surface area contributed by atoms with Crippen molar-refractivity contribution in [1.29, 1.82) is 0 Å². The Balaban J connectivity index is 2.09. The van der Waals surface area contributed by atoms with Gasteiger partial charge in [-0.2, -0.15) is 0 Å². The Labute approximate surface area is 109 Å². The zero-order valence-electron chi connectivity index (χ0n) is 9.53. The van der Waals surface area contributed by atoms with Crippen LogP contribution in [0.25, 0.3) is 0 Å². The molecular weight excluding hydrogens is 252 g/mol. The monoisotopic (exact) mass is 264 g/mol. The van der Waals surface area contributed by atoms with Crippen molar-refractivity contribution < 1.29 is 0 Å². The van der Waals surface area contributed by atoms with E-state index < -0.39 is 0 Å². The molecule has 17 heavy (non-hydrogen) atoms. The van der Waals surface area contributed by atoms with Gasteiger partial charge in [0, 0.05) is 15.8 Å². The van der Waals surface area contributed by atoms with Gasteiger partial charge in [0.2, 0.25) is 0 Å². The van der Waals surface area contributed by atoms with E-state index in [1.807, 2.05) is 12.1 Å². The van der Waals surface area contributed by atoms with E-state index in [-0.39, 0.29) is 0 Å². The first-order chi connectivity index (χ1) is 8.16. The summed E-state index contributed by atoms with van der Waals surface area (Å²) in [5, 5.41) is 1.52. The predicted octanol–water partition coefficient (Wildman–Crippen LogP) is 3.77. The largest absolute Gasteiger partial charge is 0.375 e. The minimum absolute atomic E-state index is 0.429. The van der Waals surface area contributed by atoms with Gasteiger partial charge in [0.1, 0.15) is 0 Å². The molecule has 1 aromatic carbocycles. The molecule has 1 aliphatic rings. The number of thiazole rings is 1. The van der Waals surface area contributed by atoms with E-state index in [2.05, 4.69) is 18.0 Å². The SMILES string of the molecule is Cc1c(Cl)cccc1C1CCc2nc(N)sc21. The lowest BCUT2D eigenvalue weighted by Gasteiger charge is -2.14. The highest BCUT2D eigenvalue weighted by Crippen LogP contribution is 2.43. The van der Waals surface area contributed by atoms with Gasteiger partial charge in [0.05, 0.1) is 5.69 Å². The number of rotatable bonds is 1. The van der Waals surface area contributed by atoms with Gasteiger partial charge >= 0.3 is 0 Å². The summed E-state index contributed by atoms with van der Waals surface area (Å²) >= 11 is 7.81. The summed E-state index contributed by atoms with van der Waals surface area (Å²) in [5.41, 5.74) is 9.46. The molecule has 1 atom stereocenters. The molecule has 0 radical (unpaired) electrons. The summed E-state index contributed by atoms with van der Waals surface area (Å²) in [6.45, 7) is 2.08. The van der Waals surface area contributed by atoms with Crippen molar-refractivity contribution in [2.45, 2.75) is 25.7 Å². The molecule has 3 rings (SSSR count).